The predicted molar refractivity (Wildman–Crippen MR) is 74.4 cm³/mol. The largest absolute Gasteiger partial charge is 0.504 e. The Labute approximate surface area is 112 Å². The van der Waals surface area contributed by atoms with E-state index in [-0.39, 0.29) is 17.5 Å². The standard InChI is InChI=1S/C15H16N2O2/c1-10(2)11-5-7-12(8-6-11)15(19)17-14-13(18)4-3-9-16-14/h3-10,18H,1-2H3,(H,16,17,19). The lowest BCUT2D eigenvalue weighted by atomic mass is 10.0. The zero-order chi connectivity index (χ0) is 13.8. The van der Waals surface area contributed by atoms with Gasteiger partial charge < -0.3 is 10.4 Å². The van der Waals surface area contributed by atoms with Gasteiger partial charge in [-0.1, -0.05) is 26.0 Å². The number of aromatic hydroxyl groups is 1. The number of pyridine rings is 1. The molecule has 2 rings (SSSR count). The first-order chi connectivity index (χ1) is 9.08. The fourth-order valence-corrected chi connectivity index (χ4v) is 1.69. The van der Waals surface area contributed by atoms with Crippen LogP contribution in [0.2, 0.25) is 0 Å². The Morgan fingerprint density at radius 3 is 2.47 bits per heavy atom. The van der Waals surface area contributed by atoms with Gasteiger partial charge in [-0.15, -0.1) is 0 Å². The number of nitrogens with zero attached hydrogens (tertiary/aromatic N) is 1. The summed E-state index contributed by atoms with van der Waals surface area (Å²) in [4.78, 5) is 15.9. The van der Waals surface area contributed by atoms with Crippen molar-refractivity contribution >= 4 is 11.7 Å². The van der Waals surface area contributed by atoms with Gasteiger partial charge in [-0.2, -0.15) is 0 Å². The average Bonchev–Trinajstić information content (AvgIpc) is 2.41. The van der Waals surface area contributed by atoms with Crippen molar-refractivity contribution in [1.29, 1.82) is 0 Å². The molecule has 1 aromatic heterocycles. The van der Waals surface area contributed by atoms with E-state index in [4.69, 9.17) is 0 Å². The maximum Gasteiger partial charge on any atom is 0.256 e. The molecule has 0 aliphatic rings. The van der Waals surface area contributed by atoms with Gasteiger partial charge in [0.05, 0.1) is 0 Å². The van der Waals surface area contributed by atoms with Crippen LogP contribution >= 0.6 is 0 Å². The average molecular weight is 256 g/mol. The lowest BCUT2D eigenvalue weighted by Gasteiger charge is -2.08. The first-order valence-electron chi connectivity index (χ1n) is 6.13. The summed E-state index contributed by atoms with van der Waals surface area (Å²) >= 11 is 0. The Morgan fingerprint density at radius 2 is 1.89 bits per heavy atom. The van der Waals surface area contributed by atoms with Gasteiger partial charge in [0.1, 0.15) is 0 Å². The van der Waals surface area contributed by atoms with Crippen molar-refractivity contribution in [2.24, 2.45) is 0 Å². The second-order valence-corrected chi connectivity index (χ2v) is 4.60. The lowest BCUT2D eigenvalue weighted by Crippen LogP contribution is -2.13. The summed E-state index contributed by atoms with van der Waals surface area (Å²) < 4.78 is 0. The number of hydrogen-bond donors (Lipinski definition) is 2. The Hall–Kier alpha value is -2.36. The molecule has 4 nitrogen and oxygen atoms in total. The van der Waals surface area contributed by atoms with Crippen LogP contribution in [0.3, 0.4) is 0 Å². The van der Waals surface area contributed by atoms with E-state index in [1.807, 2.05) is 12.1 Å². The van der Waals surface area contributed by atoms with E-state index in [0.717, 1.165) is 0 Å². The first-order valence-corrected chi connectivity index (χ1v) is 6.13. The summed E-state index contributed by atoms with van der Waals surface area (Å²) in [6, 6.07) is 10.5. The van der Waals surface area contributed by atoms with E-state index >= 15 is 0 Å². The second kappa shape index (κ2) is 5.52. The molecule has 0 fully saturated rings. The summed E-state index contributed by atoms with van der Waals surface area (Å²) in [5.41, 5.74) is 1.71. The van der Waals surface area contributed by atoms with Crippen molar-refractivity contribution in [3.8, 4) is 5.75 Å². The topological polar surface area (TPSA) is 62.2 Å². The summed E-state index contributed by atoms with van der Waals surface area (Å²) in [5, 5.41) is 12.1. The molecule has 0 saturated heterocycles. The van der Waals surface area contributed by atoms with Crippen LogP contribution in [-0.4, -0.2) is 16.0 Å². The minimum Gasteiger partial charge on any atom is -0.504 e. The van der Waals surface area contributed by atoms with Crippen LogP contribution in [-0.2, 0) is 0 Å². The lowest BCUT2D eigenvalue weighted by molar-refractivity contribution is 0.102. The summed E-state index contributed by atoms with van der Waals surface area (Å²) in [6.45, 7) is 4.20. The third-order valence-corrected chi connectivity index (χ3v) is 2.86. The van der Waals surface area contributed by atoms with Crippen molar-refractivity contribution in [3.05, 3.63) is 53.7 Å². The molecule has 0 spiro atoms. The van der Waals surface area contributed by atoms with Gasteiger partial charge in [-0.05, 0) is 35.7 Å². The minimum atomic E-state index is -0.288. The van der Waals surface area contributed by atoms with E-state index in [0.29, 0.717) is 11.5 Å². The Kier molecular flexibility index (Phi) is 3.80. The van der Waals surface area contributed by atoms with Gasteiger partial charge in [-0.25, -0.2) is 4.98 Å². The number of carbonyl (C=O) groups is 1. The van der Waals surface area contributed by atoms with Gasteiger partial charge in [0.15, 0.2) is 11.6 Å². The van der Waals surface area contributed by atoms with E-state index in [1.54, 1.807) is 18.2 Å². The van der Waals surface area contributed by atoms with Crippen molar-refractivity contribution in [2.45, 2.75) is 19.8 Å². The molecule has 1 aromatic carbocycles. The normalized spacial score (nSPS) is 10.5. The van der Waals surface area contributed by atoms with Crippen molar-refractivity contribution in [2.75, 3.05) is 5.32 Å². The molecule has 98 valence electrons. The van der Waals surface area contributed by atoms with E-state index in [1.165, 1.54) is 17.8 Å². The highest BCUT2D eigenvalue weighted by atomic mass is 16.3. The van der Waals surface area contributed by atoms with Gasteiger partial charge in [0.25, 0.3) is 5.91 Å². The van der Waals surface area contributed by atoms with E-state index < -0.39 is 0 Å². The van der Waals surface area contributed by atoms with E-state index in [2.05, 4.69) is 24.1 Å². The second-order valence-electron chi connectivity index (χ2n) is 4.60. The number of nitrogens with one attached hydrogen (secondary N) is 1. The van der Waals surface area contributed by atoms with Crippen LogP contribution in [0.15, 0.2) is 42.6 Å². The van der Waals surface area contributed by atoms with Gasteiger partial charge in [-0.3, -0.25) is 4.79 Å². The van der Waals surface area contributed by atoms with Crippen molar-refractivity contribution in [1.82, 2.24) is 4.98 Å². The number of aromatic nitrogens is 1. The van der Waals surface area contributed by atoms with Crippen molar-refractivity contribution < 1.29 is 9.90 Å². The molecule has 0 unspecified atom stereocenters. The van der Waals surface area contributed by atoms with Crippen LogP contribution in [0.1, 0.15) is 35.7 Å². The van der Waals surface area contributed by atoms with Crippen LogP contribution in [0, 0.1) is 0 Å². The third-order valence-electron chi connectivity index (χ3n) is 2.86. The molecule has 0 aliphatic carbocycles. The van der Waals surface area contributed by atoms with E-state index in [9.17, 15) is 9.90 Å². The zero-order valence-electron chi connectivity index (χ0n) is 10.9. The fourth-order valence-electron chi connectivity index (χ4n) is 1.69. The Morgan fingerprint density at radius 1 is 1.21 bits per heavy atom. The highest BCUT2D eigenvalue weighted by Gasteiger charge is 2.09. The first kappa shape index (κ1) is 13.1. The Balaban J connectivity index is 2.14. The van der Waals surface area contributed by atoms with Crippen LogP contribution in [0.4, 0.5) is 5.82 Å². The monoisotopic (exact) mass is 256 g/mol. The molecule has 4 heteroatoms. The highest BCUT2D eigenvalue weighted by Crippen LogP contribution is 2.20. The molecule has 2 aromatic rings. The SMILES string of the molecule is CC(C)c1ccc(C(=O)Nc2ncccc2O)cc1. The summed E-state index contributed by atoms with van der Waals surface area (Å²) in [6.07, 6.45) is 1.51. The molecule has 0 atom stereocenters. The fraction of sp³-hybridized carbons (Fsp3) is 0.200. The number of hydrogen-bond acceptors (Lipinski definition) is 3. The smallest absolute Gasteiger partial charge is 0.256 e. The number of carbonyl (C=O) groups excluding carboxylic acids is 1. The quantitative estimate of drug-likeness (QED) is 0.886. The molecule has 1 heterocycles. The number of benzene rings is 1. The molecule has 0 saturated carbocycles. The molecule has 0 aliphatic heterocycles. The maximum atomic E-state index is 12.0. The third kappa shape index (κ3) is 3.10. The number of amides is 1. The van der Waals surface area contributed by atoms with Crippen LogP contribution in [0.5, 0.6) is 5.75 Å². The molecular weight excluding hydrogens is 240 g/mol. The number of rotatable bonds is 3. The molecule has 1 amide bonds. The summed E-state index contributed by atoms with van der Waals surface area (Å²) in [7, 11) is 0. The maximum absolute atomic E-state index is 12.0. The Bertz CT molecular complexity index is 577. The molecule has 0 radical (unpaired) electrons. The van der Waals surface area contributed by atoms with Crippen molar-refractivity contribution in [3.63, 3.8) is 0 Å². The van der Waals surface area contributed by atoms with Crippen LogP contribution < -0.4 is 5.32 Å². The zero-order valence-corrected chi connectivity index (χ0v) is 10.9. The summed E-state index contributed by atoms with van der Waals surface area (Å²) in [5.74, 6) is 0.260. The molecule has 0 bridgehead atoms. The van der Waals surface area contributed by atoms with Gasteiger partial charge >= 0.3 is 0 Å². The van der Waals surface area contributed by atoms with Gasteiger partial charge in [0, 0.05) is 11.8 Å². The van der Waals surface area contributed by atoms with Crippen LogP contribution in [0.25, 0.3) is 0 Å². The highest BCUT2D eigenvalue weighted by molar-refractivity contribution is 6.04. The molecule has 19 heavy (non-hydrogen) atoms. The predicted octanol–water partition coefficient (Wildman–Crippen LogP) is 3.16. The molecule has 2 N–H and O–H groups in total. The molecular formula is C15H16N2O2. The number of anilines is 1. The minimum absolute atomic E-state index is 0.0466. The van der Waals surface area contributed by atoms with Gasteiger partial charge in [0.2, 0.25) is 0 Å².